The Hall–Kier alpha value is -0.160. The summed E-state index contributed by atoms with van der Waals surface area (Å²) in [7, 11) is 0. The van der Waals surface area contributed by atoms with Crippen LogP contribution in [-0.2, 0) is 9.47 Å². The molecule has 2 atom stereocenters. The molecule has 0 aromatic heterocycles. The van der Waals surface area contributed by atoms with Gasteiger partial charge in [-0.15, -0.1) is 0 Å². The normalized spacial score (nSPS) is 27.0. The van der Waals surface area contributed by atoms with E-state index >= 15 is 0 Å². The topological polar surface area (TPSA) is 50.7 Å². The number of ether oxygens (including phenoxy) is 2. The Kier molecular flexibility index (Phi) is 8.62. The van der Waals surface area contributed by atoms with Crippen LogP contribution in [0.15, 0.2) is 0 Å². The molecule has 1 rings (SSSR count). The second kappa shape index (κ2) is 9.70. The van der Waals surface area contributed by atoms with Crippen molar-refractivity contribution in [1.29, 1.82) is 0 Å². The molecular weight excluding hydrogens is 242 g/mol. The summed E-state index contributed by atoms with van der Waals surface area (Å²) in [4.78, 5) is 0. The Labute approximate surface area is 117 Å². The molecule has 1 fully saturated rings. The predicted molar refractivity (Wildman–Crippen MR) is 77.4 cm³/mol. The van der Waals surface area contributed by atoms with Gasteiger partial charge in [-0.3, -0.25) is 0 Å². The van der Waals surface area contributed by atoms with Crippen molar-refractivity contribution in [3.8, 4) is 0 Å². The molecule has 0 aromatic carbocycles. The maximum absolute atomic E-state index is 9.69. The third-order valence-electron chi connectivity index (χ3n) is 4.10. The summed E-state index contributed by atoms with van der Waals surface area (Å²) in [6.07, 6.45) is 5.58. The van der Waals surface area contributed by atoms with Gasteiger partial charge in [0.15, 0.2) is 0 Å². The summed E-state index contributed by atoms with van der Waals surface area (Å²) in [5.74, 6) is 0.536. The van der Waals surface area contributed by atoms with Crippen LogP contribution in [0, 0.1) is 5.92 Å². The minimum Gasteiger partial charge on any atom is -0.394 e. The van der Waals surface area contributed by atoms with Gasteiger partial charge in [0.2, 0.25) is 0 Å². The molecule has 1 aliphatic carbocycles. The zero-order valence-corrected chi connectivity index (χ0v) is 12.6. The predicted octanol–water partition coefficient (Wildman–Crippen LogP) is 1.96. The fourth-order valence-electron chi connectivity index (χ4n) is 3.11. The highest BCUT2D eigenvalue weighted by atomic mass is 16.5. The van der Waals surface area contributed by atoms with Gasteiger partial charge in [-0.25, -0.2) is 0 Å². The Morgan fingerprint density at radius 3 is 2.53 bits per heavy atom. The van der Waals surface area contributed by atoms with Crippen molar-refractivity contribution in [3.05, 3.63) is 0 Å². The van der Waals surface area contributed by atoms with Crippen LogP contribution in [0.5, 0.6) is 0 Å². The summed E-state index contributed by atoms with van der Waals surface area (Å²) >= 11 is 0. The second-order valence-electron chi connectivity index (χ2n) is 5.45. The largest absolute Gasteiger partial charge is 0.394 e. The van der Waals surface area contributed by atoms with Gasteiger partial charge in [0, 0.05) is 18.8 Å². The third-order valence-corrected chi connectivity index (χ3v) is 4.10. The van der Waals surface area contributed by atoms with Gasteiger partial charge in [-0.1, -0.05) is 20.3 Å². The Balaban J connectivity index is 2.16. The highest BCUT2D eigenvalue weighted by molar-refractivity contribution is 4.98. The van der Waals surface area contributed by atoms with Crippen molar-refractivity contribution in [2.75, 3.05) is 39.6 Å². The Bertz CT molecular complexity index is 225. The minimum atomic E-state index is -0.0587. The highest BCUT2D eigenvalue weighted by Crippen LogP contribution is 2.37. The van der Waals surface area contributed by atoms with Crippen molar-refractivity contribution < 1.29 is 14.6 Å². The molecule has 114 valence electrons. The fraction of sp³-hybridized carbons (Fsp3) is 1.00. The molecular formula is C15H31NO3. The van der Waals surface area contributed by atoms with Crippen LogP contribution in [-0.4, -0.2) is 50.2 Å². The zero-order valence-electron chi connectivity index (χ0n) is 12.6. The lowest BCUT2D eigenvalue weighted by atomic mass is 9.85. The first kappa shape index (κ1) is 16.9. The first-order valence-corrected chi connectivity index (χ1v) is 7.80. The summed E-state index contributed by atoms with van der Waals surface area (Å²) in [6, 6.07) is 0. The van der Waals surface area contributed by atoms with Crippen LogP contribution < -0.4 is 5.32 Å². The molecule has 1 saturated carbocycles. The average molecular weight is 273 g/mol. The summed E-state index contributed by atoms with van der Waals surface area (Å²) in [5.41, 5.74) is -0.0587. The lowest BCUT2D eigenvalue weighted by Gasteiger charge is -2.34. The van der Waals surface area contributed by atoms with Gasteiger partial charge in [-0.2, -0.15) is 0 Å². The van der Waals surface area contributed by atoms with E-state index in [1.807, 2.05) is 0 Å². The van der Waals surface area contributed by atoms with Crippen molar-refractivity contribution in [1.82, 2.24) is 5.32 Å². The van der Waals surface area contributed by atoms with E-state index in [9.17, 15) is 5.11 Å². The van der Waals surface area contributed by atoms with E-state index in [0.717, 1.165) is 39.0 Å². The van der Waals surface area contributed by atoms with E-state index in [1.165, 1.54) is 12.8 Å². The molecule has 4 nitrogen and oxygen atoms in total. The van der Waals surface area contributed by atoms with E-state index in [0.29, 0.717) is 19.1 Å². The molecule has 0 saturated heterocycles. The quantitative estimate of drug-likeness (QED) is 0.565. The molecule has 0 aliphatic heterocycles. The highest BCUT2D eigenvalue weighted by Gasteiger charge is 2.41. The van der Waals surface area contributed by atoms with E-state index in [1.54, 1.807) is 0 Å². The number of hydrogen-bond acceptors (Lipinski definition) is 4. The first-order chi connectivity index (χ1) is 9.29. The van der Waals surface area contributed by atoms with E-state index < -0.39 is 0 Å². The van der Waals surface area contributed by atoms with Gasteiger partial charge in [0.25, 0.3) is 0 Å². The van der Waals surface area contributed by atoms with E-state index in [2.05, 4.69) is 19.2 Å². The maximum atomic E-state index is 9.69. The number of aliphatic hydroxyl groups excluding tert-OH is 1. The van der Waals surface area contributed by atoms with Crippen molar-refractivity contribution in [2.24, 2.45) is 5.92 Å². The third kappa shape index (κ3) is 5.38. The smallest absolute Gasteiger partial charge is 0.0700 e. The molecule has 0 radical (unpaired) electrons. The van der Waals surface area contributed by atoms with Gasteiger partial charge < -0.3 is 19.9 Å². The van der Waals surface area contributed by atoms with Crippen molar-refractivity contribution in [2.45, 2.75) is 51.5 Å². The van der Waals surface area contributed by atoms with E-state index in [4.69, 9.17) is 9.47 Å². The SMILES string of the molecule is CCCOCCOCCC1CCCC1(CO)NCC. The average Bonchev–Trinajstić information content (AvgIpc) is 2.82. The molecule has 2 unspecified atom stereocenters. The molecule has 2 N–H and O–H groups in total. The van der Waals surface area contributed by atoms with Crippen LogP contribution in [0.3, 0.4) is 0 Å². The van der Waals surface area contributed by atoms with Gasteiger partial charge in [-0.05, 0) is 38.1 Å². The number of rotatable bonds is 11. The van der Waals surface area contributed by atoms with Crippen LogP contribution in [0.1, 0.15) is 46.0 Å². The van der Waals surface area contributed by atoms with Crippen molar-refractivity contribution >= 4 is 0 Å². The molecule has 1 aliphatic rings. The van der Waals surface area contributed by atoms with Gasteiger partial charge in [0.05, 0.1) is 19.8 Å². The second-order valence-corrected chi connectivity index (χ2v) is 5.45. The standard InChI is InChI=1S/C15H31NO3/c1-3-9-18-11-12-19-10-7-14-6-5-8-15(14,13-17)16-4-2/h14,16-17H,3-13H2,1-2H3. The Morgan fingerprint density at radius 1 is 1.16 bits per heavy atom. The van der Waals surface area contributed by atoms with Crippen LogP contribution in [0.2, 0.25) is 0 Å². The maximum Gasteiger partial charge on any atom is 0.0700 e. The van der Waals surface area contributed by atoms with Gasteiger partial charge >= 0.3 is 0 Å². The Morgan fingerprint density at radius 2 is 1.89 bits per heavy atom. The fourth-order valence-corrected chi connectivity index (χ4v) is 3.11. The van der Waals surface area contributed by atoms with Gasteiger partial charge in [0.1, 0.15) is 0 Å². The molecule has 4 heteroatoms. The molecule has 0 amide bonds. The molecule has 0 heterocycles. The molecule has 0 aromatic rings. The van der Waals surface area contributed by atoms with Crippen LogP contribution >= 0.6 is 0 Å². The number of nitrogens with one attached hydrogen (secondary N) is 1. The summed E-state index contributed by atoms with van der Waals surface area (Å²) in [6.45, 7) is 8.34. The zero-order chi connectivity index (χ0) is 14.0. The van der Waals surface area contributed by atoms with Crippen molar-refractivity contribution in [3.63, 3.8) is 0 Å². The lowest BCUT2D eigenvalue weighted by Crippen LogP contribution is -2.51. The lowest BCUT2D eigenvalue weighted by molar-refractivity contribution is 0.0345. The summed E-state index contributed by atoms with van der Waals surface area (Å²) < 4.78 is 11.0. The monoisotopic (exact) mass is 273 g/mol. The summed E-state index contributed by atoms with van der Waals surface area (Å²) in [5, 5.41) is 13.2. The van der Waals surface area contributed by atoms with Crippen LogP contribution in [0.4, 0.5) is 0 Å². The molecule has 0 spiro atoms. The minimum absolute atomic E-state index is 0.0587. The van der Waals surface area contributed by atoms with Crippen LogP contribution in [0.25, 0.3) is 0 Å². The van der Waals surface area contributed by atoms with E-state index in [-0.39, 0.29) is 12.1 Å². The number of hydrogen-bond donors (Lipinski definition) is 2. The number of aliphatic hydroxyl groups is 1. The molecule has 0 bridgehead atoms. The first-order valence-electron chi connectivity index (χ1n) is 7.80. The number of likely N-dealkylation sites (N-methyl/N-ethyl adjacent to an activating group) is 1. The molecule has 19 heavy (non-hydrogen) atoms.